The van der Waals surface area contributed by atoms with Crippen LogP contribution in [-0.4, -0.2) is 25.0 Å². The molecule has 0 amide bonds. The smallest absolute Gasteiger partial charge is 0.0562 e. The molecule has 1 unspecified atom stereocenters. The Bertz CT molecular complexity index is 301. The Balaban J connectivity index is 2.53. The van der Waals surface area contributed by atoms with E-state index in [4.69, 9.17) is 5.73 Å². The van der Waals surface area contributed by atoms with Crippen LogP contribution in [0.5, 0.6) is 0 Å². The number of hydrogen-bond acceptors (Lipinski definition) is 3. The van der Waals surface area contributed by atoms with Crippen LogP contribution in [0.25, 0.3) is 0 Å². The highest BCUT2D eigenvalue weighted by atomic mass is 79.9. The number of likely N-dealkylation sites (N-methyl/N-ethyl adjacent to an activating group) is 1. The fourth-order valence-corrected chi connectivity index (χ4v) is 3.41. The van der Waals surface area contributed by atoms with Gasteiger partial charge < -0.3 is 5.73 Å². The molecule has 4 heteroatoms. The molecule has 1 heterocycles. The van der Waals surface area contributed by atoms with Gasteiger partial charge in [0.2, 0.25) is 0 Å². The lowest BCUT2D eigenvalue weighted by Gasteiger charge is -2.25. The first-order valence-electron chi connectivity index (χ1n) is 5.83. The van der Waals surface area contributed by atoms with Crippen LogP contribution in [0.3, 0.4) is 0 Å². The van der Waals surface area contributed by atoms with Crippen molar-refractivity contribution >= 4 is 27.3 Å². The third-order valence-electron chi connectivity index (χ3n) is 2.79. The van der Waals surface area contributed by atoms with E-state index in [2.05, 4.69) is 46.2 Å². The third kappa shape index (κ3) is 4.17. The fourth-order valence-electron chi connectivity index (χ4n) is 1.78. The van der Waals surface area contributed by atoms with E-state index in [1.165, 1.54) is 24.1 Å². The Morgan fingerprint density at radius 2 is 2.25 bits per heavy atom. The minimum atomic E-state index is 0.369. The Morgan fingerprint density at radius 1 is 1.50 bits per heavy atom. The van der Waals surface area contributed by atoms with E-state index in [1.807, 2.05) is 0 Å². The second kappa shape index (κ2) is 7.43. The maximum absolute atomic E-state index is 5.87. The predicted octanol–water partition coefficient (Wildman–Crippen LogP) is 3.63. The molecular weight excluding hydrogens is 284 g/mol. The lowest BCUT2D eigenvalue weighted by Crippen LogP contribution is -2.30. The first-order valence-corrected chi connectivity index (χ1v) is 7.50. The molecule has 0 aliphatic carbocycles. The molecule has 1 rings (SSSR count). The van der Waals surface area contributed by atoms with Gasteiger partial charge in [-0.25, -0.2) is 0 Å². The highest BCUT2D eigenvalue weighted by Gasteiger charge is 2.16. The zero-order valence-electron chi connectivity index (χ0n) is 10.1. The van der Waals surface area contributed by atoms with Crippen LogP contribution >= 0.6 is 27.3 Å². The van der Waals surface area contributed by atoms with Gasteiger partial charge in [-0.3, -0.25) is 4.90 Å². The Labute approximate surface area is 111 Å². The van der Waals surface area contributed by atoms with Crippen molar-refractivity contribution in [1.82, 2.24) is 4.90 Å². The first kappa shape index (κ1) is 14.2. The first-order chi connectivity index (χ1) is 7.69. The van der Waals surface area contributed by atoms with Gasteiger partial charge in [-0.05, 0) is 42.0 Å². The monoisotopic (exact) mass is 304 g/mol. The molecule has 92 valence electrons. The molecule has 0 aliphatic rings. The van der Waals surface area contributed by atoms with Gasteiger partial charge in [-0.1, -0.05) is 19.8 Å². The van der Waals surface area contributed by atoms with Gasteiger partial charge in [-0.15, -0.1) is 11.3 Å². The molecule has 2 N–H and O–H groups in total. The van der Waals surface area contributed by atoms with Crippen LogP contribution in [0.15, 0.2) is 15.9 Å². The van der Waals surface area contributed by atoms with Crippen molar-refractivity contribution in [2.24, 2.45) is 5.73 Å². The summed E-state index contributed by atoms with van der Waals surface area (Å²) < 4.78 is 1.16. The largest absolute Gasteiger partial charge is 0.329 e. The average molecular weight is 305 g/mol. The average Bonchev–Trinajstić information content (AvgIpc) is 2.66. The van der Waals surface area contributed by atoms with Crippen molar-refractivity contribution < 1.29 is 0 Å². The molecule has 1 aromatic heterocycles. The number of rotatable bonds is 7. The van der Waals surface area contributed by atoms with E-state index in [1.54, 1.807) is 11.3 Å². The highest BCUT2D eigenvalue weighted by molar-refractivity contribution is 9.10. The molecule has 0 aromatic carbocycles. The molecule has 1 atom stereocenters. The van der Waals surface area contributed by atoms with Crippen molar-refractivity contribution in [2.45, 2.75) is 32.2 Å². The second-order valence-corrected chi connectivity index (χ2v) is 5.96. The van der Waals surface area contributed by atoms with Crippen molar-refractivity contribution in [1.29, 1.82) is 0 Å². The van der Waals surface area contributed by atoms with Crippen LogP contribution in [0.4, 0.5) is 0 Å². The van der Waals surface area contributed by atoms with Gasteiger partial charge in [0.25, 0.3) is 0 Å². The molecule has 0 saturated carbocycles. The maximum atomic E-state index is 5.87. The van der Waals surface area contributed by atoms with Crippen LogP contribution in [-0.2, 0) is 0 Å². The van der Waals surface area contributed by atoms with Crippen LogP contribution in [0, 0.1) is 0 Å². The van der Waals surface area contributed by atoms with Gasteiger partial charge in [0, 0.05) is 21.3 Å². The van der Waals surface area contributed by atoms with E-state index >= 15 is 0 Å². The summed E-state index contributed by atoms with van der Waals surface area (Å²) in [5.74, 6) is 0. The number of nitrogens with two attached hydrogens (primary N) is 1. The maximum Gasteiger partial charge on any atom is 0.0562 e. The summed E-state index contributed by atoms with van der Waals surface area (Å²) >= 11 is 5.27. The Hall–Kier alpha value is 0.1000. The Kier molecular flexibility index (Phi) is 6.58. The predicted molar refractivity (Wildman–Crippen MR) is 76.0 cm³/mol. The van der Waals surface area contributed by atoms with Crippen LogP contribution < -0.4 is 5.73 Å². The molecule has 0 fully saturated rings. The van der Waals surface area contributed by atoms with E-state index in [9.17, 15) is 0 Å². The van der Waals surface area contributed by atoms with Crippen molar-refractivity contribution in [2.75, 3.05) is 20.1 Å². The van der Waals surface area contributed by atoms with Crippen molar-refractivity contribution in [3.05, 3.63) is 20.8 Å². The lowest BCUT2D eigenvalue weighted by atomic mass is 10.2. The quantitative estimate of drug-likeness (QED) is 0.779. The topological polar surface area (TPSA) is 29.3 Å². The fraction of sp³-hybridized carbons (Fsp3) is 0.667. The standard InChI is InChI=1S/C12H21BrN2S/c1-3-4-5-6-15(2)11(8-14)12-7-10(13)9-16-12/h7,9,11H,3-6,8,14H2,1-2H3. The molecule has 0 saturated heterocycles. The lowest BCUT2D eigenvalue weighted by molar-refractivity contribution is 0.248. The summed E-state index contributed by atoms with van der Waals surface area (Å²) in [6.45, 7) is 4.05. The molecule has 16 heavy (non-hydrogen) atoms. The summed E-state index contributed by atoms with van der Waals surface area (Å²) in [6, 6.07) is 2.55. The minimum Gasteiger partial charge on any atom is -0.329 e. The van der Waals surface area contributed by atoms with Crippen molar-refractivity contribution in [3.63, 3.8) is 0 Å². The van der Waals surface area contributed by atoms with Gasteiger partial charge in [-0.2, -0.15) is 0 Å². The summed E-state index contributed by atoms with van der Waals surface area (Å²) in [6.07, 6.45) is 3.83. The minimum absolute atomic E-state index is 0.369. The van der Waals surface area contributed by atoms with Crippen LogP contribution in [0.2, 0.25) is 0 Å². The molecule has 2 nitrogen and oxygen atoms in total. The van der Waals surface area contributed by atoms with E-state index in [0.717, 1.165) is 11.0 Å². The zero-order chi connectivity index (χ0) is 12.0. The normalized spacial score (nSPS) is 13.3. The van der Waals surface area contributed by atoms with Crippen molar-refractivity contribution in [3.8, 4) is 0 Å². The zero-order valence-corrected chi connectivity index (χ0v) is 12.5. The van der Waals surface area contributed by atoms with E-state index < -0.39 is 0 Å². The van der Waals surface area contributed by atoms with Gasteiger partial charge in [0.15, 0.2) is 0 Å². The third-order valence-corrected chi connectivity index (χ3v) is 4.58. The summed E-state index contributed by atoms with van der Waals surface area (Å²) in [5.41, 5.74) is 5.87. The highest BCUT2D eigenvalue weighted by Crippen LogP contribution is 2.28. The van der Waals surface area contributed by atoms with Gasteiger partial charge in [0.1, 0.15) is 0 Å². The number of nitrogens with zero attached hydrogens (tertiary/aromatic N) is 1. The summed E-state index contributed by atoms with van der Waals surface area (Å²) in [7, 11) is 2.17. The molecule has 0 aliphatic heterocycles. The van der Waals surface area contributed by atoms with E-state index in [-0.39, 0.29) is 0 Å². The SMILES string of the molecule is CCCCCN(C)C(CN)c1cc(Br)cs1. The second-order valence-electron chi connectivity index (χ2n) is 4.11. The van der Waals surface area contributed by atoms with Gasteiger partial charge >= 0.3 is 0 Å². The molecular formula is C12H21BrN2S. The molecule has 0 radical (unpaired) electrons. The molecule has 1 aromatic rings. The number of thiophene rings is 1. The molecule has 0 spiro atoms. The summed E-state index contributed by atoms with van der Waals surface area (Å²) in [4.78, 5) is 3.72. The summed E-state index contributed by atoms with van der Waals surface area (Å²) in [5, 5.41) is 2.12. The number of unbranched alkanes of at least 4 members (excludes halogenated alkanes) is 2. The Morgan fingerprint density at radius 3 is 2.75 bits per heavy atom. The van der Waals surface area contributed by atoms with Crippen LogP contribution in [0.1, 0.15) is 37.1 Å². The molecule has 0 bridgehead atoms. The number of hydrogen-bond donors (Lipinski definition) is 1. The van der Waals surface area contributed by atoms with Gasteiger partial charge in [0.05, 0.1) is 6.04 Å². The van der Waals surface area contributed by atoms with E-state index in [0.29, 0.717) is 12.6 Å². The number of halogens is 1.